The molecule has 4 aromatic rings. The summed E-state index contributed by atoms with van der Waals surface area (Å²) in [6.45, 7) is 3.66. The van der Waals surface area contributed by atoms with E-state index in [9.17, 15) is 4.39 Å². The summed E-state index contributed by atoms with van der Waals surface area (Å²) in [5.41, 5.74) is 2.96. The van der Waals surface area contributed by atoms with E-state index < -0.39 is 0 Å². The maximum atomic E-state index is 13.2. The fourth-order valence-corrected chi connectivity index (χ4v) is 4.25. The van der Waals surface area contributed by atoms with Crippen LogP contribution < -0.4 is 15.5 Å². The Hall–Kier alpha value is -3.72. The largest absolute Gasteiger partial charge is 0.353 e. The van der Waals surface area contributed by atoms with Gasteiger partial charge in [0, 0.05) is 49.5 Å². The molecule has 2 aliphatic rings. The quantitative estimate of drug-likeness (QED) is 0.484. The van der Waals surface area contributed by atoms with Crippen LogP contribution in [0.25, 0.3) is 22.3 Å². The Balaban J connectivity index is 1.43. The van der Waals surface area contributed by atoms with E-state index in [1.54, 1.807) is 12.3 Å². The Morgan fingerprint density at radius 2 is 1.85 bits per heavy atom. The molecule has 1 saturated heterocycles. The number of anilines is 3. The second-order valence-corrected chi connectivity index (χ2v) is 8.42. The van der Waals surface area contributed by atoms with E-state index in [0.717, 1.165) is 48.5 Å². The molecule has 1 saturated carbocycles. The molecule has 5 heterocycles. The van der Waals surface area contributed by atoms with Crippen LogP contribution in [0, 0.1) is 5.82 Å². The van der Waals surface area contributed by atoms with E-state index in [1.807, 2.05) is 24.5 Å². The minimum Gasteiger partial charge on any atom is -0.353 e. The minimum absolute atomic E-state index is 0.383. The molecule has 0 atom stereocenters. The summed E-state index contributed by atoms with van der Waals surface area (Å²) >= 11 is 0. The highest BCUT2D eigenvalue weighted by Crippen LogP contribution is 2.44. The molecule has 33 heavy (non-hydrogen) atoms. The summed E-state index contributed by atoms with van der Waals surface area (Å²) < 4.78 is 13.2. The van der Waals surface area contributed by atoms with Crippen LogP contribution in [0.3, 0.4) is 0 Å². The van der Waals surface area contributed by atoms with Gasteiger partial charge in [0.1, 0.15) is 23.3 Å². The number of hydrogen-bond acceptors (Lipinski definition) is 8. The summed E-state index contributed by atoms with van der Waals surface area (Å²) in [5, 5.41) is 7.66. The second-order valence-electron chi connectivity index (χ2n) is 8.42. The number of rotatable bonds is 5. The standard InChI is InChI=1S/C24H23FN8/c25-17-3-4-20(29-12-17)31-21-11-16(5-6-28-21)23-30-19-14-27-13-18(15-1-2-15)22(19)24(32-23)33-9-7-26-8-10-33/h3-6,11-15,26H,1-2,7-10H2,(H,28,29,31). The fourth-order valence-electron chi connectivity index (χ4n) is 4.25. The van der Waals surface area contributed by atoms with Gasteiger partial charge in [-0.2, -0.15) is 0 Å². The number of nitrogens with one attached hydrogen (secondary N) is 2. The SMILES string of the molecule is Fc1ccc(Nc2cc(-c3nc(N4CCNCC4)c4c(C5CC5)cncc4n3)ccn2)nc1. The van der Waals surface area contributed by atoms with E-state index in [4.69, 9.17) is 9.97 Å². The van der Waals surface area contributed by atoms with Crippen LogP contribution in [-0.2, 0) is 0 Å². The monoisotopic (exact) mass is 442 g/mol. The van der Waals surface area contributed by atoms with Gasteiger partial charge in [-0.15, -0.1) is 0 Å². The van der Waals surface area contributed by atoms with Gasteiger partial charge in [0.2, 0.25) is 0 Å². The van der Waals surface area contributed by atoms with Gasteiger partial charge in [-0.05, 0) is 48.6 Å². The predicted molar refractivity (Wildman–Crippen MR) is 125 cm³/mol. The molecule has 6 rings (SSSR count). The van der Waals surface area contributed by atoms with E-state index in [2.05, 4.69) is 30.5 Å². The Labute approximate surface area is 190 Å². The van der Waals surface area contributed by atoms with Crippen LogP contribution in [0.15, 0.2) is 49.1 Å². The lowest BCUT2D eigenvalue weighted by Crippen LogP contribution is -2.44. The average molecular weight is 443 g/mol. The maximum Gasteiger partial charge on any atom is 0.162 e. The zero-order valence-electron chi connectivity index (χ0n) is 18.0. The van der Waals surface area contributed by atoms with Crippen LogP contribution in [0.2, 0.25) is 0 Å². The fraction of sp³-hybridized carbons (Fsp3) is 0.292. The molecule has 0 unspecified atom stereocenters. The maximum absolute atomic E-state index is 13.2. The molecule has 0 bridgehead atoms. The van der Waals surface area contributed by atoms with Gasteiger partial charge in [-0.3, -0.25) is 4.98 Å². The number of halogens is 1. The smallest absolute Gasteiger partial charge is 0.162 e. The van der Waals surface area contributed by atoms with Gasteiger partial charge in [0.05, 0.1) is 17.9 Å². The normalized spacial score (nSPS) is 16.2. The molecular weight excluding hydrogens is 419 g/mol. The summed E-state index contributed by atoms with van der Waals surface area (Å²) in [6.07, 6.45) is 9.08. The highest BCUT2D eigenvalue weighted by Gasteiger charge is 2.29. The molecule has 0 spiro atoms. The van der Waals surface area contributed by atoms with E-state index in [0.29, 0.717) is 23.4 Å². The Morgan fingerprint density at radius 1 is 0.970 bits per heavy atom. The van der Waals surface area contributed by atoms with Crippen molar-refractivity contribution in [1.29, 1.82) is 0 Å². The Kier molecular flexibility index (Phi) is 5.03. The first-order valence-electron chi connectivity index (χ1n) is 11.2. The first kappa shape index (κ1) is 19.9. The Morgan fingerprint density at radius 3 is 2.64 bits per heavy atom. The zero-order chi connectivity index (χ0) is 22.2. The number of pyridine rings is 3. The molecule has 8 nitrogen and oxygen atoms in total. The molecule has 0 radical (unpaired) electrons. The van der Waals surface area contributed by atoms with Crippen LogP contribution in [-0.4, -0.2) is 51.1 Å². The molecule has 9 heteroatoms. The van der Waals surface area contributed by atoms with E-state index in [-0.39, 0.29) is 5.82 Å². The van der Waals surface area contributed by atoms with Crippen molar-refractivity contribution in [2.45, 2.75) is 18.8 Å². The first-order valence-corrected chi connectivity index (χ1v) is 11.2. The lowest BCUT2D eigenvalue weighted by Gasteiger charge is -2.30. The van der Waals surface area contributed by atoms with Crippen molar-refractivity contribution in [2.24, 2.45) is 0 Å². The van der Waals surface area contributed by atoms with Crippen LogP contribution in [0.1, 0.15) is 24.3 Å². The molecule has 2 fully saturated rings. The van der Waals surface area contributed by atoms with Crippen molar-refractivity contribution in [3.63, 3.8) is 0 Å². The van der Waals surface area contributed by atoms with Crippen molar-refractivity contribution in [3.05, 3.63) is 60.4 Å². The van der Waals surface area contributed by atoms with Crippen molar-refractivity contribution in [3.8, 4) is 11.4 Å². The minimum atomic E-state index is -0.383. The van der Waals surface area contributed by atoms with Crippen LogP contribution >= 0.6 is 0 Å². The third-order valence-corrected chi connectivity index (χ3v) is 6.05. The average Bonchev–Trinajstić information content (AvgIpc) is 3.71. The molecule has 0 amide bonds. The molecule has 2 N–H and O–H groups in total. The molecule has 1 aliphatic heterocycles. The highest BCUT2D eigenvalue weighted by atomic mass is 19.1. The van der Waals surface area contributed by atoms with Crippen molar-refractivity contribution >= 4 is 28.4 Å². The van der Waals surface area contributed by atoms with Gasteiger partial charge < -0.3 is 15.5 Å². The van der Waals surface area contributed by atoms with E-state index in [1.165, 1.54) is 30.7 Å². The topological polar surface area (TPSA) is 91.8 Å². The van der Waals surface area contributed by atoms with Gasteiger partial charge in [-0.1, -0.05) is 0 Å². The number of piperazine rings is 1. The van der Waals surface area contributed by atoms with Gasteiger partial charge in [-0.25, -0.2) is 24.3 Å². The predicted octanol–water partition coefficient (Wildman–Crippen LogP) is 3.65. The summed E-state index contributed by atoms with van der Waals surface area (Å²) in [7, 11) is 0. The third-order valence-electron chi connectivity index (χ3n) is 6.05. The number of fused-ring (bicyclic) bond motifs is 1. The van der Waals surface area contributed by atoms with Crippen LogP contribution in [0.4, 0.5) is 21.8 Å². The number of aromatic nitrogens is 5. The summed E-state index contributed by atoms with van der Waals surface area (Å²) in [4.78, 5) is 25.2. The molecule has 0 aromatic carbocycles. The third kappa shape index (κ3) is 4.07. The summed E-state index contributed by atoms with van der Waals surface area (Å²) in [5.74, 6) is 2.88. The molecule has 1 aliphatic carbocycles. The molecule has 4 aromatic heterocycles. The van der Waals surface area contributed by atoms with Gasteiger partial charge >= 0.3 is 0 Å². The Bertz CT molecular complexity index is 1300. The van der Waals surface area contributed by atoms with Gasteiger partial charge in [0.25, 0.3) is 0 Å². The van der Waals surface area contributed by atoms with Crippen molar-refractivity contribution in [1.82, 2.24) is 30.2 Å². The lowest BCUT2D eigenvalue weighted by atomic mass is 10.1. The highest BCUT2D eigenvalue weighted by molar-refractivity contribution is 5.94. The lowest BCUT2D eigenvalue weighted by molar-refractivity contribution is 0.586. The van der Waals surface area contributed by atoms with Crippen LogP contribution in [0.5, 0.6) is 0 Å². The van der Waals surface area contributed by atoms with E-state index >= 15 is 0 Å². The second kappa shape index (κ2) is 8.32. The molecular formula is C24H23FN8. The molecule has 166 valence electrons. The van der Waals surface area contributed by atoms with Crippen molar-refractivity contribution < 1.29 is 4.39 Å². The first-order chi connectivity index (χ1) is 16.2. The zero-order valence-corrected chi connectivity index (χ0v) is 18.0. The number of nitrogens with zero attached hydrogens (tertiary/aromatic N) is 6. The van der Waals surface area contributed by atoms with Gasteiger partial charge in [0.15, 0.2) is 5.82 Å². The van der Waals surface area contributed by atoms with Crippen molar-refractivity contribution in [2.75, 3.05) is 36.4 Å². The number of hydrogen-bond donors (Lipinski definition) is 2. The summed E-state index contributed by atoms with van der Waals surface area (Å²) in [6, 6.07) is 6.70.